The Morgan fingerprint density at radius 1 is 1.37 bits per heavy atom. The van der Waals surface area contributed by atoms with E-state index < -0.39 is 0 Å². The fourth-order valence-corrected chi connectivity index (χ4v) is 3.51. The van der Waals surface area contributed by atoms with Gasteiger partial charge in [0, 0.05) is 11.3 Å². The van der Waals surface area contributed by atoms with Crippen molar-refractivity contribution in [3.05, 3.63) is 35.9 Å². The molecule has 0 bridgehead atoms. The molecule has 2 aliphatic rings. The van der Waals surface area contributed by atoms with E-state index in [4.69, 9.17) is 0 Å². The first kappa shape index (κ1) is 13.0. The number of nitrogens with one attached hydrogen (secondary N) is 1. The highest BCUT2D eigenvalue weighted by Gasteiger charge is 2.48. The molecule has 1 amide bonds. The number of hydrogen-bond donors (Lipinski definition) is 1. The summed E-state index contributed by atoms with van der Waals surface area (Å²) in [5.41, 5.74) is 1.07. The zero-order valence-electron chi connectivity index (χ0n) is 11.4. The van der Waals surface area contributed by atoms with Crippen LogP contribution in [-0.4, -0.2) is 34.5 Å². The molecule has 1 heterocycles. The van der Waals surface area contributed by atoms with E-state index in [-0.39, 0.29) is 18.1 Å². The summed E-state index contributed by atoms with van der Waals surface area (Å²) in [6, 6.07) is 9.83. The van der Waals surface area contributed by atoms with Gasteiger partial charge in [0.1, 0.15) is 6.04 Å². The van der Waals surface area contributed by atoms with Crippen LogP contribution in [0.5, 0.6) is 0 Å². The number of nitrogens with zero attached hydrogens (tertiary/aromatic N) is 1. The number of rotatable bonds is 4. The van der Waals surface area contributed by atoms with E-state index in [1.165, 1.54) is 12.8 Å². The number of benzene rings is 1. The zero-order valence-corrected chi connectivity index (χ0v) is 12.2. The van der Waals surface area contributed by atoms with Crippen LogP contribution in [0.25, 0.3) is 0 Å². The minimum atomic E-state index is -0.172. The number of carbonyl (C=O) groups is 1. The van der Waals surface area contributed by atoms with Crippen molar-refractivity contribution in [2.24, 2.45) is 0 Å². The molecule has 0 spiro atoms. The van der Waals surface area contributed by atoms with Crippen molar-refractivity contribution in [1.82, 2.24) is 10.2 Å². The maximum Gasteiger partial charge on any atom is 0.245 e. The maximum absolute atomic E-state index is 12.6. The van der Waals surface area contributed by atoms with Crippen LogP contribution in [-0.2, 0) is 4.79 Å². The van der Waals surface area contributed by atoms with Crippen molar-refractivity contribution in [2.75, 3.05) is 12.8 Å². The van der Waals surface area contributed by atoms with E-state index in [0.717, 1.165) is 12.1 Å². The fourth-order valence-electron chi connectivity index (χ4n) is 2.73. The Balaban J connectivity index is 1.76. The van der Waals surface area contributed by atoms with Gasteiger partial charge in [0.05, 0.1) is 6.17 Å². The van der Waals surface area contributed by atoms with Gasteiger partial charge in [-0.1, -0.05) is 30.3 Å². The molecule has 3 rings (SSSR count). The number of carbonyl (C=O) groups excluding carboxylic acids is 1. The SMILES string of the molecule is CSC1(CN2C(=O)C(c3ccccc3)NC2C)CC1. The Bertz CT molecular complexity index is 472. The van der Waals surface area contributed by atoms with Crippen LogP contribution in [0.1, 0.15) is 31.4 Å². The summed E-state index contributed by atoms with van der Waals surface area (Å²) >= 11 is 1.90. The third kappa shape index (κ3) is 2.39. The normalized spacial score (nSPS) is 28.7. The predicted molar refractivity (Wildman–Crippen MR) is 79.0 cm³/mol. The van der Waals surface area contributed by atoms with Gasteiger partial charge in [-0.25, -0.2) is 0 Å². The number of amides is 1. The molecule has 102 valence electrons. The highest BCUT2D eigenvalue weighted by Crippen LogP contribution is 2.48. The third-order valence-corrected chi connectivity index (χ3v) is 5.64. The smallest absolute Gasteiger partial charge is 0.245 e. The van der Waals surface area contributed by atoms with Gasteiger partial charge in [-0.15, -0.1) is 0 Å². The van der Waals surface area contributed by atoms with Crippen LogP contribution in [0.3, 0.4) is 0 Å². The summed E-state index contributed by atoms with van der Waals surface area (Å²) in [4.78, 5) is 14.6. The van der Waals surface area contributed by atoms with Crippen LogP contribution in [0.2, 0.25) is 0 Å². The lowest BCUT2D eigenvalue weighted by molar-refractivity contribution is -0.130. The molecule has 4 heteroatoms. The second-order valence-corrected chi connectivity index (χ2v) is 6.81. The molecule has 0 radical (unpaired) electrons. The Morgan fingerprint density at radius 2 is 2.05 bits per heavy atom. The molecule has 19 heavy (non-hydrogen) atoms. The van der Waals surface area contributed by atoms with Gasteiger partial charge in [0.25, 0.3) is 0 Å². The van der Waals surface area contributed by atoms with Gasteiger partial charge in [0.2, 0.25) is 5.91 Å². The molecule has 2 unspecified atom stereocenters. The average molecular weight is 276 g/mol. The van der Waals surface area contributed by atoms with Crippen molar-refractivity contribution < 1.29 is 4.79 Å². The van der Waals surface area contributed by atoms with Crippen molar-refractivity contribution >= 4 is 17.7 Å². The van der Waals surface area contributed by atoms with Crippen molar-refractivity contribution in [3.8, 4) is 0 Å². The Labute approximate surface area is 118 Å². The molecule has 1 saturated carbocycles. The van der Waals surface area contributed by atoms with E-state index in [2.05, 4.69) is 18.5 Å². The molecule has 2 atom stereocenters. The molecule has 0 aromatic heterocycles. The Hall–Kier alpha value is -1.00. The summed E-state index contributed by atoms with van der Waals surface area (Å²) in [6.45, 7) is 2.96. The number of thioether (sulfide) groups is 1. The summed E-state index contributed by atoms with van der Waals surface area (Å²) in [5, 5.41) is 3.41. The maximum atomic E-state index is 12.6. The quantitative estimate of drug-likeness (QED) is 0.916. The Kier molecular flexibility index (Phi) is 3.31. The molecule has 1 aliphatic carbocycles. The predicted octanol–water partition coefficient (Wildman–Crippen LogP) is 2.40. The first-order chi connectivity index (χ1) is 9.15. The molecule has 1 N–H and O–H groups in total. The first-order valence-electron chi connectivity index (χ1n) is 6.82. The topological polar surface area (TPSA) is 32.3 Å². The van der Waals surface area contributed by atoms with Gasteiger partial charge in [-0.05, 0) is 31.6 Å². The lowest BCUT2D eigenvalue weighted by Gasteiger charge is -2.25. The van der Waals surface area contributed by atoms with Gasteiger partial charge >= 0.3 is 0 Å². The monoisotopic (exact) mass is 276 g/mol. The van der Waals surface area contributed by atoms with Crippen LogP contribution in [0.4, 0.5) is 0 Å². The van der Waals surface area contributed by atoms with Crippen LogP contribution in [0.15, 0.2) is 30.3 Å². The van der Waals surface area contributed by atoms with E-state index in [9.17, 15) is 4.79 Å². The van der Waals surface area contributed by atoms with Crippen LogP contribution in [0, 0.1) is 0 Å². The van der Waals surface area contributed by atoms with Crippen molar-refractivity contribution in [1.29, 1.82) is 0 Å². The summed E-state index contributed by atoms with van der Waals surface area (Å²) in [6.07, 6.45) is 4.75. The standard InChI is InChI=1S/C15H20N2OS/c1-11-16-13(12-6-4-3-5-7-12)14(18)17(11)10-15(19-2)8-9-15/h3-7,11,13,16H,8-10H2,1-2H3. The molecule has 1 aliphatic heterocycles. The average Bonchev–Trinajstić information content (AvgIpc) is 3.17. The van der Waals surface area contributed by atoms with E-state index in [1.807, 2.05) is 47.0 Å². The largest absolute Gasteiger partial charge is 0.324 e. The van der Waals surface area contributed by atoms with Crippen LogP contribution >= 0.6 is 11.8 Å². The summed E-state index contributed by atoms with van der Waals surface area (Å²) in [5.74, 6) is 0.221. The van der Waals surface area contributed by atoms with Crippen molar-refractivity contribution in [2.45, 2.75) is 36.7 Å². The van der Waals surface area contributed by atoms with Gasteiger partial charge < -0.3 is 4.90 Å². The zero-order chi connectivity index (χ0) is 13.5. The van der Waals surface area contributed by atoms with Gasteiger partial charge in [0.15, 0.2) is 0 Å². The Morgan fingerprint density at radius 3 is 2.63 bits per heavy atom. The molecular weight excluding hydrogens is 256 g/mol. The molecule has 1 aromatic carbocycles. The van der Waals surface area contributed by atoms with E-state index in [0.29, 0.717) is 4.75 Å². The number of hydrogen-bond acceptors (Lipinski definition) is 3. The summed E-state index contributed by atoms with van der Waals surface area (Å²) < 4.78 is 0.331. The lowest BCUT2D eigenvalue weighted by atomic mass is 10.1. The van der Waals surface area contributed by atoms with Gasteiger partial charge in [-0.2, -0.15) is 11.8 Å². The fraction of sp³-hybridized carbons (Fsp3) is 0.533. The minimum Gasteiger partial charge on any atom is -0.324 e. The summed E-state index contributed by atoms with van der Waals surface area (Å²) in [7, 11) is 0. The highest BCUT2D eigenvalue weighted by molar-refractivity contribution is 8.00. The second kappa shape index (κ2) is 4.84. The highest BCUT2D eigenvalue weighted by atomic mass is 32.2. The molecule has 2 fully saturated rings. The van der Waals surface area contributed by atoms with E-state index in [1.54, 1.807) is 0 Å². The molecule has 1 aromatic rings. The third-order valence-electron chi connectivity index (χ3n) is 4.24. The minimum absolute atomic E-state index is 0.127. The van der Waals surface area contributed by atoms with Crippen molar-refractivity contribution in [3.63, 3.8) is 0 Å². The van der Waals surface area contributed by atoms with Crippen LogP contribution < -0.4 is 5.32 Å². The molecular formula is C15H20N2OS. The lowest BCUT2D eigenvalue weighted by Crippen LogP contribution is -2.40. The molecule has 3 nitrogen and oxygen atoms in total. The second-order valence-electron chi connectivity index (χ2n) is 5.54. The molecule has 1 saturated heterocycles. The van der Waals surface area contributed by atoms with Gasteiger partial charge in [-0.3, -0.25) is 10.1 Å². The van der Waals surface area contributed by atoms with E-state index >= 15 is 0 Å². The first-order valence-corrected chi connectivity index (χ1v) is 8.04.